The number of nitrogens with zero attached hydrogens (tertiary/aromatic N) is 3. The van der Waals surface area contributed by atoms with E-state index in [1.54, 1.807) is 0 Å². The first-order valence-corrected chi connectivity index (χ1v) is 6.09. The molecule has 3 N–H and O–H groups in total. The molecule has 0 amide bonds. The molecule has 0 saturated heterocycles. The van der Waals surface area contributed by atoms with Crippen LogP contribution in [0.3, 0.4) is 0 Å². The van der Waals surface area contributed by atoms with Crippen LogP contribution >= 0.6 is 0 Å². The van der Waals surface area contributed by atoms with Gasteiger partial charge in [-0.2, -0.15) is 4.98 Å². The Balaban J connectivity index is 2.07. The molecule has 100 valence electrons. The van der Waals surface area contributed by atoms with Crippen molar-refractivity contribution in [1.82, 2.24) is 15.0 Å². The highest BCUT2D eigenvalue weighted by Gasteiger charge is 2.08. The second kappa shape index (κ2) is 5.99. The molecule has 19 heavy (non-hydrogen) atoms. The molecule has 2 aromatic rings. The van der Waals surface area contributed by atoms with E-state index in [0.717, 1.165) is 11.3 Å². The molecule has 0 spiro atoms. The maximum absolute atomic E-state index is 5.93. The number of hydrogen-bond acceptors (Lipinski definition) is 6. The normalized spacial score (nSPS) is 10.2. The number of pyridine rings is 1. The van der Waals surface area contributed by atoms with Gasteiger partial charge in [0.1, 0.15) is 12.0 Å². The summed E-state index contributed by atoms with van der Waals surface area (Å²) in [7, 11) is 0. The predicted octanol–water partition coefficient (Wildman–Crippen LogP) is 1.77. The molecule has 0 saturated carbocycles. The molecule has 0 aliphatic carbocycles. The van der Waals surface area contributed by atoms with Crippen LogP contribution in [0.5, 0.6) is 5.88 Å². The van der Waals surface area contributed by atoms with Gasteiger partial charge in [-0.3, -0.25) is 4.98 Å². The average molecular weight is 259 g/mol. The Morgan fingerprint density at radius 2 is 2.11 bits per heavy atom. The summed E-state index contributed by atoms with van der Waals surface area (Å²) < 4.78 is 5.32. The van der Waals surface area contributed by atoms with Gasteiger partial charge in [-0.05, 0) is 25.5 Å². The molecule has 0 unspecified atom stereocenters. The van der Waals surface area contributed by atoms with Gasteiger partial charge in [-0.1, -0.05) is 6.07 Å². The molecule has 2 heterocycles. The summed E-state index contributed by atoms with van der Waals surface area (Å²) in [5.41, 5.74) is 8.40. The quantitative estimate of drug-likeness (QED) is 0.851. The third kappa shape index (κ3) is 3.31. The molecule has 6 heteroatoms. The Morgan fingerprint density at radius 1 is 1.26 bits per heavy atom. The number of nitrogens with one attached hydrogen (secondary N) is 1. The largest absolute Gasteiger partial charge is 0.476 e. The molecule has 0 aliphatic heterocycles. The molecule has 0 fully saturated rings. The zero-order valence-corrected chi connectivity index (χ0v) is 11.1. The molecule has 0 aliphatic rings. The van der Waals surface area contributed by atoms with E-state index in [0.29, 0.717) is 30.5 Å². The highest BCUT2D eigenvalue weighted by Crippen LogP contribution is 2.24. The molecule has 2 rings (SSSR count). The highest BCUT2D eigenvalue weighted by atomic mass is 16.5. The van der Waals surface area contributed by atoms with Gasteiger partial charge in [0.2, 0.25) is 5.88 Å². The van der Waals surface area contributed by atoms with Gasteiger partial charge in [-0.25, -0.2) is 4.98 Å². The van der Waals surface area contributed by atoms with Crippen LogP contribution in [-0.4, -0.2) is 21.6 Å². The smallest absolute Gasteiger partial charge is 0.242 e. The lowest BCUT2D eigenvalue weighted by Gasteiger charge is -2.10. The summed E-state index contributed by atoms with van der Waals surface area (Å²) >= 11 is 0. The summed E-state index contributed by atoms with van der Waals surface area (Å²) in [6.07, 6.45) is 3.25. The van der Waals surface area contributed by atoms with Crippen LogP contribution in [0.1, 0.15) is 18.2 Å². The van der Waals surface area contributed by atoms with Crippen molar-refractivity contribution in [2.45, 2.75) is 20.4 Å². The number of rotatable bonds is 5. The SMILES string of the molecule is CCOc1ncnc(NCc2ccc(C)nc2)c1N. The molecule has 0 atom stereocenters. The molecule has 0 bridgehead atoms. The van der Waals surface area contributed by atoms with Gasteiger partial charge in [0.25, 0.3) is 0 Å². The molecule has 6 nitrogen and oxygen atoms in total. The van der Waals surface area contributed by atoms with Crippen LogP contribution in [0.2, 0.25) is 0 Å². The number of aryl methyl sites for hydroxylation is 1. The first kappa shape index (κ1) is 13.1. The summed E-state index contributed by atoms with van der Waals surface area (Å²) in [6.45, 7) is 4.95. The van der Waals surface area contributed by atoms with E-state index >= 15 is 0 Å². The van der Waals surface area contributed by atoms with Gasteiger partial charge < -0.3 is 15.8 Å². The Morgan fingerprint density at radius 3 is 2.79 bits per heavy atom. The summed E-state index contributed by atoms with van der Waals surface area (Å²) in [4.78, 5) is 12.3. The van der Waals surface area contributed by atoms with Gasteiger partial charge in [-0.15, -0.1) is 0 Å². The van der Waals surface area contributed by atoms with Crippen molar-refractivity contribution in [3.8, 4) is 5.88 Å². The molecule has 0 radical (unpaired) electrons. The highest BCUT2D eigenvalue weighted by molar-refractivity contribution is 5.66. The van der Waals surface area contributed by atoms with Crippen molar-refractivity contribution in [2.75, 3.05) is 17.7 Å². The Labute approximate surface area is 112 Å². The predicted molar refractivity (Wildman–Crippen MR) is 73.9 cm³/mol. The first-order chi connectivity index (χ1) is 9.20. The average Bonchev–Trinajstić information content (AvgIpc) is 2.42. The number of nitrogen functional groups attached to an aromatic ring is 1. The maximum atomic E-state index is 5.93. The number of ether oxygens (including phenoxy) is 1. The number of aromatic nitrogens is 3. The third-order valence-corrected chi connectivity index (χ3v) is 2.56. The second-order valence-corrected chi connectivity index (χ2v) is 4.04. The fourth-order valence-electron chi connectivity index (χ4n) is 1.56. The number of anilines is 2. The van der Waals surface area contributed by atoms with Crippen molar-refractivity contribution in [2.24, 2.45) is 0 Å². The van der Waals surface area contributed by atoms with E-state index in [-0.39, 0.29) is 0 Å². The van der Waals surface area contributed by atoms with Crippen LogP contribution in [-0.2, 0) is 6.54 Å². The molecular formula is C13H17N5O. The Bertz CT molecular complexity index is 541. The summed E-state index contributed by atoms with van der Waals surface area (Å²) in [5.74, 6) is 0.973. The lowest BCUT2D eigenvalue weighted by Crippen LogP contribution is -2.08. The van der Waals surface area contributed by atoms with Gasteiger partial charge >= 0.3 is 0 Å². The first-order valence-electron chi connectivity index (χ1n) is 6.09. The van der Waals surface area contributed by atoms with Gasteiger partial charge in [0, 0.05) is 18.4 Å². The molecule has 2 aromatic heterocycles. The van der Waals surface area contributed by atoms with E-state index < -0.39 is 0 Å². The monoisotopic (exact) mass is 259 g/mol. The fourth-order valence-corrected chi connectivity index (χ4v) is 1.56. The van der Waals surface area contributed by atoms with E-state index in [9.17, 15) is 0 Å². The molecular weight excluding hydrogens is 242 g/mol. The van der Waals surface area contributed by atoms with Crippen LogP contribution < -0.4 is 15.8 Å². The van der Waals surface area contributed by atoms with Gasteiger partial charge in [0.05, 0.1) is 6.61 Å². The summed E-state index contributed by atoms with van der Waals surface area (Å²) in [5, 5.41) is 3.15. The minimum atomic E-state index is 0.405. The van der Waals surface area contributed by atoms with E-state index in [2.05, 4.69) is 20.3 Å². The Kier molecular flexibility index (Phi) is 4.12. The van der Waals surface area contributed by atoms with Crippen molar-refractivity contribution in [3.63, 3.8) is 0 Å². The number of hydrogen-bond donors (Lipinski definition) is 2. The number of nitrogens with two attached hydrogens (primary N) is 1. The topological polar surface area (TPSA) is 86.0 Å². The minimum absolute atomic E-state index is 0.405. The van der Waals surface area contributed by atoms with Crippen LogP contribution in [0, 0.1) is 6.92 Å². The Hall–Kier alpha value is -2.37. The summed E-state index contributed by atoms with van der Waals surface area (Å²) in [6, 6.07) is 3.97. The lowest BCUT2D eigenvalue weighted by molar-refractivity contribution is 0.328. The zero-order valence-electron chi connectivity index (χ0n) is 11.1. The van der Waals surface area contributed by atoms with Crippen LogP contribution in [0.25, 0.3) is 0 Å². The molecule has 0 aromatic carbocycles. The van der Waals surface area contributed by atoms with Crippen molar-refractivity contribution >= 4 is 11.5 Å². The lowest BCUT2D eigenvalue weighted by atomic mass is 10.2. The van der Waals surface area contributed by atoms with Crippen molar-refractivity contribution in [1.29, 1.82) is 0 Å². The fraction of sp³-hybridized carbons (Fsp3) is 0.308. The zero-order chi connectivity index (χ0) is 13.7. The van der Waals surface area contributed by atoms with Crippen molar-refractivity contribution < 1.29 is 4.74 Å². The van der Waals surface area contributed by atoms with Gasteiger partial charge in [0.15, 0.2) is 5.82 Å². The third-order valence-electron chi connectivity index (χ3n) is 2.56. The second-order valence-electron chi connectivity index (χ2n) is 4.04. The van der Waals surface area contributed by atoms with Crippen LogP contribution in [0.4, 0.5) is 11.5 Å². The van der Waals surface area contributed by atoms with E-state index in [1.165, 1.54) is 6.33 Å². The van der Waals surface area contributed by atoms with E-state index in [4.69, 9.17) is 10.5 Å². The van der Waals surface area contributed by atoms with Crippen LogP contribution in [0.15, 0.2) is 24.7 Å². The minimum Gasteiger partial charge on any atom is -0.476 e. The van der Waals surface area contributed by atoms with E-state index in [1.807, 2.05) is 32.2 Å². The maximum Gasteiger partial charge on any atom is 0.242 e. The van der Waals surface area contributed by atoms with Crippen molar-refractivity contribution in [3.05, 3.63) is 35.9 Å². The standard InChI is InChI=1S/C13H17N5O/c1-3-19-13-11(14)12(17-8-18-13)16-7-10-5-4-9(2)15-6-10/h4-6,8H,3,7,14H2,1-2H3,(H,16,17,18).